The zero-order valence-electron chi connectivity index (χ0n) is 9.14. The minimum absolute atomic E-state index is 0.367. The molecule has 2 unspecified atom stereocenters. The fraction of sp³-hybridized carbons (Fsp3) is 0.333. The Morgan fingerprint density at radius 3 is 2.88 bits per heavy atom. The Morgan fingerprint density at radius 1 is 1.31 bits per heavy atom. The first-order valence-electron chi connectivity index (χ1n) is 5.30. The molecule has 0 bridgehead atoms. The number of aliphatic hydroxyl groups is 2. The van der Waals surface area contributed by atoms with Crippen LogP contribution in [0.1, 0.15) is 11.7 Å². The molecule has 4 N–H and O–H groups in total. The quantitative estimate of drug-likeness (QED) is 0.615. The number of rotatable bonds is 4. The van der Waals surface area contributed by atoms with Gasteiger partial charge in [-0.05, 0) is 36.2 Å². The van der Waals surface area contributed by atoms with Gasteiger partial charge in [-0.1, -0.05) is 6.07 Å². The summed E-state index contributed by atoms with van der Waals surface area (Å²) >= 11 is 0. The normalized spacial score (nSPS) is 15.2. The van der Waals surface area contributed by atoms with Gasteiger partial charge in [0.05, 0.1) is 6.10 Å². The van der Waals surface area contributed by atoms with Crippen LogP contribution >= 0.6 is 0 Å². The van der Waals surface area contributed by atoms with Gasteiger partial charge in [0.1, 0.15) is 6.10 Å². The van der Waals surface area contributed by atoms with E-state index in [1.165, 1.54) is 0 Å². The molecule has 2 atom stereocenters. The first-order chi connectivity index (χ1) is 7.72. The van der Waals surface area contributed by atoms with E-state index in [4.69, 9.17) is 0 Å². The second-order valence-electron chi connectivity index (χ2n) is 3.89. The van der Waals surface area contributed by atoms with Crippen molar-refractivity contribution in [1.29, 1.82) is 0 Å². The molecule has 4 nitrogen and oxygen atoms in total. The van der Waals surface area contributed by atoms with Crippen molar-refractivity contribution in [1.82, 2.24) is 10.3 Å². The summed E-state index contributed by atoms with van der Waals surface area (Å²) in [6, 6.07) is 7.55. The summed E-state index contributed by atoms with van der Waals surface area (Å²) in [4.78, 5) is 3.08. The van der Waals surface area contributed by atoms with Gasteiger partial charge in [-0.25, -0.2) is 0 Å². The first kappa shape index (κ1) is 11.1. The van der Waals surface area contributed by atoms with Crippen LogP contribution in [0, 0.1) is 0 Å². The van der Waals surface area contributed by atoms with Crippen LogP contribution in [0.5, 0.6) is 0 Å². The molecule has 0 aliphatic rings. The largest absolute Gasteiger partial charge is 0.389 e. The second-order valence-corrected chi connectivity index (χ2v) is 3.89. The van der Waals surface area contributed by atoms with Gasteiger partial charge in [0.25, 0.3) is 0 Å². The van der Waals surface area contributed by atoms with Crippen LogP contribution in [-0.2, 0) is 0 Å². The van der Waals surface area contributed by atoms with Gasteiger partial charge in [-0.15, -0.1) is 0 Å². The summed E-state index contributed by atoms with van der Waals surface area (Å²) in [5.74, 6) is 0. The molecule has 1 heterocycles. The molecule has 86 valence electrons. The lowest BCUT2D eigenvalue weighted by Gasteiger charge is -2.17. The van der Waals surface area contributed by atoms with E-state index in [9.17, 15) is 10.2 Å². The monoisotopic (exact) mass is 220 g/mol. The van der Waals surface area contributed by atoms with E-state index in [2.05, 4.69) is 10.3 Å². The number of nitrogens with one attached hydrogen (secondary N) is 2. The number of H-pyrrole nitrogens is 1. The molecule has 0 aliphatic carbocycles. The molecule has 2 rings (SSSR count). The number of aliphatic hydroxyl groups excluding tert-OH is 2. The molecule has 0 amide bonds. The predicted molar refractivity (Wildman–Crippen MR) is 63.2 cm³/mol. The standard InChI is InChI=1S/C12H16N2O2/c1-13-7-11(15)12(16)9-2-3-10-8(6-9)4-5-14-10/h2-6,11-16H,7H2,1H3. The highest BCUT2D eigenvalue weighted by Gasteiger charge is 2.17. The third-order valence-electron chi connectivity index (χ3n) is 2.70. The molecule has 0 spiro atoms. The molecule has 1 aromatic carbocycles. The van der Waals surface area contributed by atoms with Gasteiger partial charge in [0.15, 0.2) is 0 Å². The summed E-state index contributed by atoms with van der Waals surface area (Å²) < 4.78 is 0. The van der Waals surface area contributed by atoms with E-state index in [1.807, 2.05) is 30.5 Å². The number of hydrogen-bond acceptors (Lipinski definition) is 3. The first-order valence-corrected chi connectivity index (χ1v) is 5.30. The van der Waals surface area contributed by atoms with Crippen molar-refractivity contribution in [2.45, 2.75) is 12.2 Å². The molecule has 0 saturated heterocycles. The highest BCUT2D eigenvalue weighted by molar-refractivity contribution is 5.80. The van der Waals surface area contributed by atoms with Gasteiger partial charge >= 0.3 is 0 Å². The number of hydrogen-bond donors (Lipinski definition) is 4. The van der Waals surface area contributed by atoms with E-state index in [-0.39, 0.29) is 0 Å². The van der Waals surface area contributed by atoms with Crippen LogP contribution in [0.2, 0.25) is 0 Å². The fourth-order valence-corrected chi connectivity index (χ4v) is 1.80. The maximum absolute atomic E-state index is 9.92. The Bertz CT molecular complexity index is 467. The van der Waals surface area contributed by atoms with Crippen molar-refractivity contribution in [3.63, 3.8) is 0 Å². The number of aromatic amines is 1. The zero-order chi connectivity index (χ0) is 11.5. The van der Waals surface area contributed by atoms with Crippen LogP contribution in [0.3, 0.4) is 0 Å². The Balaban J connectivity index is 2.24. The zero-order valence-corrected chi connectivity index (χ0v) is 9.14. The van der Waals surface area contributed by atoms with Gasteiger partial charge < -0.3 is 20.5 Å². The number of benzene rings is 1. The Labute approximate surface area is 93.9 Å². The van der Waals surface area contributed by atoms with E-state index in [0.29, 0.717) is 6.54 Å². The van der Waals surface area contributed by atoms with Crippen molar-refractivity contribution >= 4 is 10.9 Å². The van der Waals surface area contributed by atoms with Crippen LogP contribution in [0.4, 0.5) is 0 Å². The third kappa shape index (κ3) is 2.09. The lowest BCUT2D eigenvalue weighted by molar-refractivity contribution is 0.0203. The maximum Gasteiger partial charge on any atom is 0.106 e. The van der Waals surface area contributed by atoms with Gasteiger partial charge in [-0.2, -0.15) is 0 Å². The van der Waals surface area contributed by atoms with Crippen LogP contribution < -0.4 is 5.32 Å². The van der Waals surface area contributed by atoms with Gasteiger partial charge in [0, 0.05) is 18.3 Å². The van der Waals surface area contributed by atoms with Crippen molar-refractivity contribution in [3.05, 3.63) is 36.0 Å². The molecular weight excluding hydrogens is 204 g/mol. The average molecular weight is 220 g/mol. The van der Waals surface area contributed by atoms with E-state index in [1.54, 1.807) is 7.05 Å². The van der Waals surface area contributed by atoms with Crippen LogP contribution in [0.25, 0.3) is 10.9 Å². The summed E-state index contributed by atoms with van der Waals surface area (Å²) in [5.41, 5.74) is 1.76. The molecule has 2 aromatic rings. The van der Waals surface area contributed by atoms with Crippen molar-refractivity contribution in [2.75, 3.05) is 13.6 Å². The average Bonchev–Trinajstić information content (AvgIpc) is 2.75. The lowest BCUT2D eigenvalue weighted by atomic mass is 10.0. The molecule has 0 saturated carbocycles. The summed E-state index contributed by atoms with van der Waals surface area (Å²) in [6.07, 6.45) is 0.207. The minimum Gasteiger partial charge on any atom is -0.389 e. The maximum atomic E-state index is 9.92. The van der Waals surface area contributed by atoms with Crippen molar-refractivity contribution in [3.8, 4) is 0 Å². The number of aromatic nitrogens is 1. The number of likely N-dealkylation sites (N-methyl/N-ethyl adjacent to an activating group) is 1. The summed E-state index contributed by atoms with van der Waals surface area (Å²) in [5, 5.41) is 23.5. The lowest BCUT2D eigenvalue weighted by Crippen LogP contribution is -2.29. The van der Waals surface area contributed by atoms with E-state index in [0.717, 1.165) is 16.5 Å². The molecule has 0 fully saturated rings. The topological polar surface area (TPSA) is 68.3 Å². The third-order valence-corrected chi connectivity index (χ3v) is 2.70. The number of fused-ring (bicyclic) bond motifs is 1. The molecule has 4 heteroatoms. The smallest absolute Gasteiger partial charge is 0.106 e. The fourth-order valence-electron chi connectivity index (χ4n) is 1.80. The van der Waals surface area contributed by atoms with Crippen molar-refractivity contribution in [2.24, 2.45) is 0 Å². The molecule has 0 aliphatic heterocycles. The molecule has 1 aromatic heterocycles. The van der Waals surface area contributed by atoms with Crippen LogP contribution in [0.15, 0.2) is 30.5 Å². The Morgan fingerprint density at radius 2 is 2.12 bits per heavy atom. The molecule has 16 heavy (non-hydrogen) atoms. The molecule has 0 radical (unpaired) electrons. The predicted octanol–water partition coefficient (Wildman–Crippen LogP) is 0.782. The summed E-state index contributed by atoms with van der Waals surface area (Å²) in [6.45, 7) is 0.367. The van der Waals surface area contributed by atoms with Crippen LogP contribution in [-0.4, -0.2) is 34.9 Å². The SMILES string of the molecule is CNCC(O)C(O)c1ccc2[nH]ccc2c1. The summed E-state index contributed by atoms with van der Waals surface area (Å²) in [7, 11) is 1.74. The Kier molecular flexibility index (Phi) is 3.24. The van der Waals surface area contributed by atoms with Gasteiger partial charge in [-0.3, -0.25) is 0 Å². The van der Waals surface area contributed by atoms with E-state index >= 15 is 0 Å². The Hall–Kier alpha value is -1.36. The molecular formula is C12H16N2O2. The highest BCUT2D eigenvalue weighted by Crippen LogP contribution is 2.21. The van der Waals surface area contributed by atoms with Gasteiger partial charge in [0.2, 0.25) is 0 Å². The highest BCUT2D eigenvalue weighted by atomic mass is 16.3. The minimum atomic E-state index is -0.855. The van der Waals surface area contributed by atoms with Crippen molar-refractivity contribution < 1.29 is 10.2 Å². The van der Waals surface area contributed by atoms with E-state index < -0.39 is 12.2 Å². The second kappa shape index (κ2) is 4.65.